The molecule has 0 aromatic carbocycles. The summed E-state index contributed by atoms with van der Waals surface area (Å²) < 4.78 is 0. The molecule has 4 heteroatoms. The molecule has 1 N–H and O–H groups in total. The van der Waals surface area contributed by atoms with Gasteiger partial charge in [-0.1, -0.05) is 0 Å². The summed E-state index contributed by atoms with van der Waals surface area (Å²) in [6.07, 6.45) is 3.65. The van der Waals surface area contributed by atoms with Crippen LogP contribution < -0.4 is 5.32 Å². The Kier molecular flexibility index (Phi) is 4.53. The molecule has 0 spiro atoms. The maximum Gasteiger partial charge on any atom is 0.232 e. The molecule has 0 aromatic heterocycles. The third kappa shape index (κ3) is 3.14. The highest BCUT2D eigenvalue weighted by Crippen LogP contribution is 2.19. The van der Waals surface area contributed by atoms with Gasteiger partial charge in [-0.05, 0) is 50.9 Å². The second-order valence-corrected chi connectivity index (χ2v) is 6.00. The molecule has 0 aromatic rings. The normalized spacial score (nSPS) is 26.6. The molecule has 2 rings (SSSR count). The number of piperidine rings is 1. The van der Waals surface area contributed by atoms with Crippen molar-refractivity contribution in [3.05, 3.63) is 0 Å². The topological polar surface area (TPSA) is 32.3 Å². The Morgan fingerprint density at radius 1 is 1.44 bits per heavy atom. The standard InChI is InChI=1S/C12H22N2OS/c1-10-4-2-3-5-14(10)12(15)9-16-8-11-6-13-7-11/h10-11,13H,2-9H2,1H3. The van der Waals surface area contributed by atoms with Crippen LogP contribution in [0.3, 0.4) is 0 Å². The SMILES string of the molecule is CC1CCCCN1C(=O)CSCC1CNC1. The van der Waals surface area contributed by atoms with Gasteiger partial charge in [0.2, 0.25) is 5.91 Å². The van der Waals surface area contributed by atoms with E-state index in [4.69, 9.17) is 0 Å². The number of nitrogens with one attached hydrogen (secondary N) is 1. The lowest BCUT2D eigenvalue weighted by Crippen LogP contribution is -2.44. The predicted octanol–water partition coefficient (Wildman–Crippen LogP) is 1.34. The van der Waals surface area contributed by atoms with Crippen molar-refractivity contribution in [3.63, 3.8) is 0 Å². The van der Waals surface area contributed by atoms with Crippen LogP contribution in [-0.2, 0) is 4.79 Å². The summed E-state index contributed by atoms with van der Waals surface area (Å²) in [6.45, 7) is 5.44. The number of amides is 1. The summed E-state index contributed by atoms with van der Waals surface area (Å²) in [4.78, 5) is 14.1. The van der Waals surface area contributed by atoms with Crippen molar-refractivity contribution in [2.24, 2.45) is 5.92 Å². The largest absolute Gasteiger partial charge is 0.339 e. The Bertz CT molecular complexity index is 243. The molecule has 2 heterocycles. The molecule has 16 heavy (non-hydrogen) atoms. The zero-order valence-electron chi connectivity index (χ0n) is 10.1. The second-order valence-electron chi connectivity index (χ2n) is 4.97. The molecule has 2 saturated heterocycles. The molecule has 2 aliphatic rings. The lowest BCUT2D eigenvalue weighted by molar-refractivity contribution is -0.131. The number of carbonyl (C=O) groups is 1. The van der Waals surface area contributed by atoms with Gasteiger partial charge in [-0.3, -0.25) is 4.79 Å². The molecule has 1 unspecified atom stereocenters. The van der Waals surface area contributed by atoms with Crippen molar-refractivity contribution in [2.45, 2.75) is 32.2 Å². The van der Waals surface area contributed by atoms with Crippen LogP contribution in [0, 0.1) is 5.92 Å². The van der Waals surface area contributed by atoms with E-state index in [0.717, 1.165) is 31.3 Å². The van der Waals surface area contributed by atoms with E-state index in [9.17, 15) is 4.79 Å². The molecule has 2 aliphatic heterocycles. The minimum Gasteiger partial charge on any atom is -0.339 e. The maximum absolute atomic E-state index is 12.0. The first-order chi connectivity index (χ1) is 7.77. The molecular formula is C12H22N2OS. The number of nitrogens with zero attached hydrogens (tertiary/aromatic N) is 1. The number of carbonyl (C=O) groups excluding carboxylic acids is 1. The average Bonchev–Trinajstić information content (AvgIpc) is 2.22. The Labute approximate surface area is 102 Å². The lowest BCUT2D eigenvalue weighted by Gasteiger charge is -2.33. The number of likely N-dealkylation sites (tertiary alicyclic amines) is 1. The fourth-order valence-corrected chi connectivity index (χ4v) is 3.36. The highest BCUT2D eigenvalue weighted by Gasteiger charge is 2.23. The van der Waals surface area contributed by atoms with Crippen LogP contribution in [0.1, 0.15) is 26.2 Å². The minimum absolute atomic E-state index is 0.351. The molecule has 0 saturated carbocycles. The molecule has 3 nitrogen and oxygen atoms in total. The minimum atomic E-state index is 0.351. The molecule has 0 bridgehead atoms. The zero-order valence-corrected chi connectivity index (χ0v) is 10.9. The van der Waals surface area contributed by atoms with E-state index in [-0.39, 0.29) is 0 Å². The first kappa shape index (κ1) is 12.2. The van der Waals surface area contributed by atoms with Gasteiger partial charge in [0.15, 0.2) is 0 Å². The van der Waals surface area contributed by atoms with E-state index in [1.165, 1.54) is 19.3 Å². The van der Waals surface area contributed by atoms with Gasteiger partial charge in [0.25, 0.3) is 0 Å². The Morgan fingerprint density at radius 2 is 2.25 bits per heavy atom. The first-order valence-corrected chi connectivity index (χ1v) is 7.51. The van der Waals surface area contributed by atoms with Gasteiger partial charge in [-0.25, -0.2) is 0 Å². The van der Waals surface area contributed by atoms with Crippen molar-refractivity contribution in [3.8, 4) is 0 Å². The van der Waals surface area contributed by atoms with Crippen LogP contribution in [-0.4, -0.2) is 48.0 Å². The number of hydrogen-bond acceptors (Lipinski definition) is 3. The third-order valence-electron chi connectivity index (χ3n) is 3.57. The fourth-order valence-electron chi connectivity index (χ4n) is 2.33. The number of hydrogen-bond donors (Lipinski definition) is 1. The van der Waals surface area contributed by atoms with Crippen molar-refractivity contribution in [1.29, 1.82) is 0 Å². The summed E-state index contributed by atoms with van der Waals surface area (Å²) in [5.74, 6) is 2.97. The average molecular weight is 242 g/mol. The summed E-state index contributed by atoms with van der Waals surface area (Å²) in [5, 5.41) is 3.26. The summed E-state index contributed by atoms with van der Waals surface area (Å²) in [6, 6.07) is 0.465. The Morgan fingerprint density at radius 3 is 2.88 bits per heavy atom. The highest BCUT2D eigenvalue weighted by atomic mass is 32.2. The van der Waals surface area contributed by atoms with E-state index in [1.54, 1.807) is 0 Å². The van der Waals surface area contributed by atoms with Crippen molar-refractivity contribution in [2.75, 3.05) is 31.1 Å². The van der Waals surface area contributed by atoms with E-state index < -0.39 is 0 Å². The van der Waals surface area contributed by atoms with Crippen LogP contribution in [0.2, 0.25) is 0 Å². The predicted molar refractivity (Wildman–Crippen MR) is 68.7 cm³/mol. The molecule has 2 fully saturated rings. The van der Waals surface area contributed by atoms with Crippen molar-refractivity contribution >= 4 is 17.7 Å². The summed E-state index contributed by atoms with van der Waals surface area (Å²) in [5.41, 5.74) is 0. The van der Waals surface area contributed by atoms with E-state index >= 15 is 0 Å². The van der Waals surface area contributed by atoms with Gasteiger partial charge in [0.1, 0.15) is 0 Å². The van der Waals surface area contributed by atoms with E-state index in [0.29, 0.717) is 17.7 Å². The van der Waals surface area contributed by atoms with Gasteiger partial charge >= 0.3 is 0 Å². The molecule has 0 aliphatic carbocycles. The van der Waals surface area contributed by atoms with Crippen molar-refractivity contribution in [1.82, 2.24) is 10.2 Å². The summed E-state index contributed by atoms with van der Waals surface area (Å²) >= 11 is 1.81. The smallest absolute Gasteiger partial charge is 0.232 e. The molecule has 1 amide bonds. The fraction of sp³-hybridized carbons (Fsp3) is 0.917. The quantitative estimate of drug-likeness (QED) is 0.807. The second kappa shape index (κ2) is 5.92. The maximum atomic E-state index is 12.0. The van der Waals surface area contributed by atoms with Crippen LogP contribution >= 0.6 is 11.8 Å². The highest BCUT2D eigenvalue weighted by molar-refractivity contribution is 7.99. The summed E-state index contributed by atoms with van der Waals surface area (Å²) in [7, 11) is 0. The monoisotopic (exact) mass is 242 g/mol. The van der Waals surface area contributed by atoms with Crippen molar-refractivity contribution < 1.29 is 4.79 Å². The van der Waals surface area contributed by atoms with Gasteiger partial charge in [0.05, 0.1) is 5.75 Å². The lowest BCUT2D eigenvalue weighted by atomic mass is 10.0. The van der Waals surface area contributed by atoms with E-state index in [2.05, 4.69) is 17.1 Å². The van der Waals surface area contributed by atoms with E-state index in [1.807, 2.05) is 11.8 Å². The third-order valence-corrected chi connectivity index (χ3v) is 4.73. The zero-order chi connectivity index (χ0) is 11.4. The first-order valence-electron chi connectivity index (χ1n) is 6.35. The molecule has 92 valence electrons. The molecule has 1 atom stereocenters. The molecule has 0 radical (unpaired) electrons. The van der Waals surface area contributed by atoms with Crippen LogP contribution in [0.4, 0.5) is 0 Å². The number of rotatable bonds is 4. The Hall–Kier alpha value is -0.220. The van der Waals surface area contributed by atoms with Crippen LogP contribution in [0.15, 0.2) is 0 Å². The van der Waals surface area contributed by atoms with Crippen LogP contribution in [0.25, 0.3) is 0 Å². The van der Waals surface area contributed by atoms with Gasteiger partial charge in [-0.2, -0.15) is 11.8 Å². The van der Waals surface area contributed by atoms with Gasteiger partial charge in [0, 0.05) is 12.6 Å². The van der Waals surface area contributed by atoms with Crippen LogP contribution in [0.5, 0.6) is 0 Å². The molecular weight excluding hydrogens is 220 g/mol. The van der Waals surface area contributed by atoms with Gasteiger partial charge in [-0.15, -0.1) is 0 Å². The Balaban J connectivity index is 1.65. The van der Waals surface area contributed by atoms with Gasteiger partial charge < -0.3 is 10.2 Å². The number of thioether (sulfide) groups is 1.